The summed E-state index contributed by atoms with van der Waals surface area (Å²) in [5.41, 5.74) is -0.0338. The molecule has 6 nitrogen and oxygen atoms in total. The molecule has 210 valence electrons. The van der Waals surface area contributed by atoms with Crippen LogP contribution in [0.2, 0.25) is 0 Å². The molecule has 0 fully saturated rings. The quantitative estimate of drug-likeness (QED) is 0.201. The summed E-state index contributed by atoms with van der Waals surface area (Å²) in [6, 6.07) is 20.8. The van der Waals surface area contributed by atoms with Crippen LogP contribution in [0.4, 0.5) is 13.2 Å². The standard InChI is InChI=1S/C30H28F3NO5S/c1-4-20(2)34(29(35)26-14-7-10-22-9-5-6-13-25(22)26)19-21-15-16-27(38-3)28(17-21)39-40(36,37)24-12-8-11-23(18-24)30(31,32)33/h5-18,20H,4,19H2,1-3H3. The Morgan fingerprint density at radius 3 is 2.33 bits per heavy atom. The second-order valence-corrected chi connectivity index (χ2v) is 10.8. The summed E-state index contributed by atoms with van der Waals surface area (Å²) < 4.78 is 75.9. The van der Waals surface area contributed by atoms with Crippen LogP contribution >= 0.6 is 0 Å². The molecule has 4 aromatic rings. The maximum Gasteiger partial charge on any atom is 0.416 e. The third kappa shape index (κ3) is 6.22. The molecule has 0 bridgehead atoms. The average molecular weight is 572 g/mol. The van der Waals surface area contributed by atoms with Crippen LogP contribution in [0.25, 0.3) is 10.8 Å². The molecule has 10 heteroatoms. The van der Waals surface area contributed by atoms with Crippen molar-refractivity contribution in [1.82, 2.24) is 4.90 Å². The van der Waals surface area contributed by atoms with Gasteiger partial charge in [0, 0.05) is 18.2 Å². The first kappa shape index (κ1) is 28.9. The van der Waals surface area contributed by atoms with Crippen molar-refractivity contribution >= 4 is 26.8 Å². The Hall–Kier alpha value is -4.05. The summed E-state index contributed by atoms with van der Waals surface area (Å²) in [5.74, 6) is -0.338. The van der Waals surface area contributed by atoms with Crippen LogP contribution in [0.15, 0.2) is 89.8 Å². The van der Waals surface area contributed by atoms with Gasteiger partial charge in [-0.2, -0.15) is 21.6 Å². The van der Waals surface area contributed by atoms with Crippen LogP contribution in [0, 0.1) is 0 Å². The third-order valence-electron chi connectivity index (χ3n) is 6.63. The number of nitrogens with zero attached hydrogens (tertiary/aromatic N) is 1. The fourth-order valence-corrected chi connectivity index (χ4v) is 5.27. The van der Waals surface area contributed by atoms with E-state index in [9.17, 15) is 26.4 Å². The molecule has 0 saturated carbocycles. The Morgan fingerprint density at radius 1 is 0.925 bits per heavy atom. The molecule has 40 heavy (non-hydrogen) atoms. The van der Waals surface area contributed by atoms with Crippen molar-refractivity contribution < 1.29 is 35.3 Å². The minimum absolute atomic E-state index is 0.0646. The summed E-state index contributed by atoms with van der Waals surface area (Å²) in [4.78, 5) is 14.8. The number of hydrogen-bond acceptors (Lipinski definition) is 5. The average Bonchev–Trinajstić information content (AvgIpc) is 2.94. The molecular formula is C30H28F3NO5S. The molecule has 0 aliphatic rings. The lowest BCUT2D eigenvalue weighted by molar-refractivity contribution is -0.137. The van der Waals surface area contributed by atoms with E-state index in [2.05, 4.69) is 0 Å². The van der Waals surface area contributed by atoms with Crippen LogP contribution in [-0.2, 0) is 22.8 Å². The van der Waals surface area contributed by atoms with Gasteiger partial charge in [0.2, 0.25) is 0 Å². The highest BCUT2D eigenvalue weighted by molar-refractivity contribution is 7.87. The Kier molecular flexibility index (Phi) is 8.39. The Morgan fingerprint density at radius 2 is 1.62 bits per heavy atom. The van der Waals surface area contributed by atoms with Crippen molar-refractivity contribution in [2.24, 2.45) is 0 Å². The van der Waals surface area contributed by atoms with Crippen LogP contribution in [-0.4, -0.2) is 32.4 Å². The minimum atomic E-state index is -4.72. The summed E-state index contributed by atoms with van der Waals surface area (Å²) in [6.45, 7) is 4.00. The molecule has 0 saturated heterocycles. The summed E-state index contributed by atoms with van der Waals surface area (Å²) >= 11 is 0. The molecule has 0 aliphatic carbocycles. The first-order chi connectivity index (χ1) is 18.9. The van der Waals surface area contributed by atoms with E-state index in [1.807, 2.05) is 50.2 Å². The lowest BCUT2D eigenvalue weighted by atomic mass is 10.0. The van der Waals surface area contributed by atoms with Crippen molar-refractivity contribution in [3.05, 3.63) is 102 Å². The van der Waals surface area contributed by atoms with E-state index >= 15 is 0 Å². The first-order valence-electron chi connectivity index (χ1n) is 12.5. The Labute approximate surface area is 231 Å². The smallest absolute Gasteiger partial charge is 0.416 e. The van der Waals surface area contributed by atoms with Gasteiger partial charge in [-0.3, -0.25) is 4.79 Å². The predicted octanol–water partition coefficient (Wildman–Crippen LogP) is 7.08. The van der Waals surface area contributed by atoms with Crippen LogP contribution in [0.3, 0.4) is 0 Å². The number of methoxy groups -OCH3 is 1. The van der Waals surface area contributed by atoms with Crippen molar-refractivity contribution in [3.63, 3.8) is 0 Å². The maximum absolute atomic E-state index is 13.8. The van der Waals surface area contributed by atoms with E-state index in [1.54, 1.807) is 17.0 Å². The fraction of sp³-hybridized carbons (Fsp3) is 0.233. The number of hydrogen-bond donors (Lipinski definition) is 0. The fourth-order valence-electron chi connectivity index (χ4n) is 4.29. The van der Waals surface area contributed by atoms with Crippen molar-refractivity contribution in [2.45, 2.75) is 43.9 Å². The second kappa shape index (κ2) is 11.6. The SMILES string of the molecule is CCC(C)N(Cc1ccc(OC)c(OS(=O)(=O)c2cccc(C(F)(F)F)c2)c1)C(=O)c1cccc2ccccc12. The lowest BCUT2D eigenvalue weighted by Gasteiger charge is -2.29. The van der Waals surface area contributed by atoms with Crippen LogP contribution in [0.1, 0.15) is 41.8 Å². The van der Waals surface area contributed by atoms with E-state index in [0.29, 0.717) is 23.6 Å². The zero-order chi connectivity index (χ0) is 29.1. The molecule has 0 heterocycles. The largest absolute Gasteiger partial charge is 0.493 e. The zero-order valence-corrected chi connectivity index (χ0v) is 22.9. The molecule has 1 amide bonds. The molecule has 0 aliphatic heterocycles. The highest BCUT2D eigenvalue weighted by Crippen LogP contribution is 2.34. The van der Waals surface area contributed by atoms with Crippen molar-refractivity contribution in [3.8, 4) is 11.5 Å². The van der Waals surface area contributed by atoms with Gasteiger partial charge in [0.15, 0.2) is 11.5 Å². The minimum Gasteiger partial charge on any atom is -0.493 e. The number of amides is 1. The number of ether oxygens (including phenoxy) is 1. The topological polar surface area (TPSA) is 72.9 Å². The summed E-state index contributed by atoms with van der Waals surface area (Å²) in [6.07, 6.45) is -4.06. The van der Waals surface area contributed by atoms with Crippen LogP contribution in [0.5, 0.6) is 11.5 Å². The number of halogens is 3. The van der Waals surface area contributed by atoms with E-state index < -0.39 is 26.8 Å². The molecule has 0 N–H and O–H groups in total. The van der Waals surface area contributed by atoms with E-state index in [0.717, 1.165) is 29.0 Å². The maximum atomic E-state index is 13.8. The Bertz CT molecular complexity index is 1630. The highest BCUT2D eigenvalue weighted by atomic mass is 32.2. The highest BCUT2D eigenvalue weighted by Gasteiger charge is 2.32. The second-order valence-electron chi connectivity index (χ2n) is 9.27. The van der Waals surface area contributed by atoms with E-state index in [1.165, 1.54) is 19.2 Å². The van der Waals surface area contributed by atoms with Gasteiger partial charge < -0.3 is 13.8 Å². The van der Waals surface area contributed by atoms with E-state index in [-0.39, 0.29) is 30.0 Å². The lowest BCUT2D eigenvalue weighted by Crippen LogP contribution is -2.37. The van der Waals surface area contributed by atoms with Gasteiger partial charge in [0.05, 0.1) is 12.7 Å². The number of carbonyl (C=O) groups excluding carboxylic acids is 1. The Balaban J connectivity index is 1.67. The van der Waals surface area contributed by atoms with Crippen molar-refractivity contribution in [2.75, 3.05) is 7.11 Å². The number of fused-ring (bicyclic) bond motifs is 1. The summed E-state index contributed by atoms with van der Waals surface area (Å²) in [5, 5.41) is 1.74. The van der Waals surface area contributed by atoms with Gasteiger partial charge in [0.1, 0.15) is 4.90 Å². The summed E-state index contributed by atoms with van der Waals surface area (Å²) in [7, 11) is -3.33. The van der Waals surface area contributed by atoms with Gasteiger partial charge >= 0.3 is 16.3 Å². The van der Waals surface area contributed by atoms with Gasteiger partial charge in [0.25, 0.3) is 5.91 Å². The molecule has 1 unspecified atom stereocenters. The number of benzene rings is 4. The number of rotatable bonds is 9. The van der Waals surface area contributed by atoms with Gasteiger partial charge in [-0.15, -0.1) is 0 Å². The van der Waals surface area contributed by atoms with Gasteiger partial charge in [-0.1, -0.05) is 55.5 Å². The molecular weight excluding hydrogens is 543 g/mol. The normalized spacial score (nSPS) is 12.7. The molecule has 4 rings (SSSR count). The monoisotopic (exact) mass is 571 g/mol. The first-order valence-corrected chi connectivity index (χ1v) is 13.9. The predicted molar refractivity (Wildman–Crippen MR) is 146 cm³/mol. The number of alkyl halides is 3. The molecule has 4 aromatic carbocycles. The molecule has 0 aromatic heterocycles. The zero-order valence-electron chi connectivity index (χ0n) is 22.1. The van der Waals surface area contributed by atoms with E-state index in [4.69, 9.17) is 8.92 Å². The number of carbonyl (C=O) groups is 1. The molecule has 0 spiro atoms. The molecule has 1 atom stereocenters. The third-order valence-corrected chi connectivity index (χ3v) is 7.86. The van der Waals surface area contributed by atoms with Gasteiger partial charge in [-0.05, 0) is 66.1 Å². The van der Waals surface area contributed by atoms with Crippen molar-refractivity contribution in [1.29, 1.82) is 0 Å². The van der Waals surface area contributed by atoms with Crippen LogP contribution < -0.4 is 8.92 Å². The van der Waals surface area contributed by atoms with Gasteiger partial charge in [-0.25, -0.2) is 0 Å². The molecule has 0 radical (unpaired) electrons.